The summed E-state index contributed by atoms with van der Waals surface area (Å²) < 4.78 is 10.6. The molecule has 0 spiro atoms. The number of hydrogen-bond acceptors (Lipinski definition) is 11. The monoisotopic (exact) mass is 553 g/mol. The van der Waals surface area contributed by atoms with Gasteiger partial charge in [-0.15, -0.1) is 0 Å². The highest BCUT2D eigenvalue weighted by Gasteiger charge is 2.58. The van der Waals surface area contributed by atoms with Gasteiger partial charge in [-0.3, -0.25) is 38.6 Å². The molecule has 3 aliphatic heterocycles. The molecule has 5 atom stereocenters. The smallest absolute Gasteiger partial charge is 0.287 e. The van der Waals surface area contributed by atoms with Crippen molar-refractivity contribution < 1.29 is 43.3 Å². The SMILES string of the molecule is COC1=C(C)C(=O)C2=C(C1=O)[C@@H]1[C@@H]3CC4=C(C(=O)C(OC)=C(C)C4=O)[C@H](CNC(=O)C(C)=O)N3C[C@H]([C@H]2O)N1C. The summed E-state index contributed by atoms with van der Waals surface area (Å²) in [4.78, 5) is 81.9. The normalized spacial score (nSPS) is 30.8. The molecule has 1 saturated heterocycles. The molecule has 5 rings (SSSR count). The van der Waals surface area contributed by atoms with Crippen LogP contribution in [-0.2, 0) is 38.2 Å². The number of fused-ring (bicyclic) bond motifs is 5. The summed E-state index contributed by atoms with van der Waals surface area (Å²) in [5.74, 6) is -3.64. The maximum Gasteiger partial charge on any atom is 0.287 e. The molecule has 0 radical (unpaired) electrons. The van der Waals surface area contributed by atoms with E-state index in [0.29, 0.717) is 0 Å². The van der Waals surface area contributed by atoms with E-state index in [4.69, 9.17) is 9.47 Å². The number of amides is 1. The molecule has 12 nitrogen and oxygen atoms in total. The van der Waals surface area contributed by atoms with E-state index in [1.807, 2.05) is 9.80 Å². The lowest BCUT2D eigenvalue weighted by molar-refractivity contribution is -0.137. The average Bonchev–Trinajstić information content (AvgIpc) is 2.91. The van der Waals surface area contributed by atoms with Crippen LogP contribution in [0.5, 0.6) is 0 Å². The molecule has 0 unspecified atom stereocenters. The van der Waals surface area contributed by atoms with Crippen molar-refractivity contribution in [3.8, 4) is 0 Å². The number of likely N-dealkylation sites (N-methyl/N-ethyl adjacent to an activating group) is 1. The Morgan fingerprint density at radius 1 is 0.900 bits per heavy atom. The third-order valence-corrected chi connectivity index (χ3v) is 8.84. The first-order valence-electron chi connectivity index (χ1n) is 13.0. The van der Waals surface area contributed by atoms with Crippen molar-refractivity contribution >= 4 is 34.8 Å². The number of carbonyl (C=O) groups excluding carboxylic acids is 6. The minimum atomic E-state index is -1.31. The molecular weight excluding hydrogens is 522 g/mol. The van der Waals surface area contributed by atoms with Gasteiger partial charge in [0.25, 0.3) is 5.91 Å². The maximum atomic E-state index is 13.7. The number of ether oxygens (including phenoxy) is 2. The van der Waals surface area contributed by atoms with Gasteiger partial charge in [-0.2, -0.15) is 0 Å². The van der Waals surface area contributed by atoms with Gasteiger partial charge in [0, 0.05) is 59.5 Å². The minimum absolute atomic E-state index is 0.0288. The number of ketones is 5. The molecule has 0 saturated carbocycles. The second-order valence-corrected chi connectivity index (χ2v) is 10.7. The fourth-order valence-corrected chi connectivity index (χ4v) is 6.90. The van der Waals surface area contributed by atoms with Gasteiger partial charge in [-0.1, -0.05) is 0 Å². The van der Waals surface area contributed by atoms with Crippen LogP contribution in [0.15, 0.2) is 45.0 Å². The van der Waals surface area contributed by atoms with Crippen LogP contribution in [0.1, 0.15) is 27.2 Å². The van der Waals surface area contributed by atoms with Crippen molar-refractivity contribution in [1.29, 1.82) is 0 Å². The number of aliphatic hydroxyl groups excluding tert-OH is 1. The van der Waals surface area contributed by atoms with E-state index < -0.39 is 59.3 Å². The predicted molar refractivity (Wildman–Crippen MR) is 137 cm³/mol. The highest BCUT2D eigenvalue weighted by atomic mass is 16.5. The summed E-state index contributed by atoms with van der Waals surface area (Å²) in [6, 6.07) is -2.83. The van der Waals surface area contributed by atoms with Gasteiger partial charge in [0.15, 0.2) is 23.1 Å². The van der Waals surface area contributed by atoms with E-state index in [2.05, 4.69) is 5.32 Å². The number of aliphatic hydroxyl groups is 1. The number of Topliss-reactive ketones (excluding diaryl/α,β-unsaturated/α-hetero) is 5. The summed E-state index contributed by atoms with van der Waals surface area (Å²) in [5.41, 5.74) is 0.781. The molecule has 40 heavy (non-hydrogen) atoms. The Balaban J connectivity index is 1.67. The van der Waals surface area contributed by atoms with Crippen LogP contribution in [0, 0.1) is 0 Å². The second kappa shape index (κ2) is 9.72. The molecule has 3 heterocycles. The quantitative estimate of drug-likeness (QED) is 0.315. The van der Waals surface area contributed by atoms with Gasteiger partial charge < -0.3 is 19.9 Å². The Hall–Kier alpha value is -3.74. The first-order valence-corrected chi connectivity index (χ1v) is 13.0. The van der Waals surface area contributed by atoms with E-state index >= 15 is 0 Å². The van der Waals surface area contributed by atoms with Crippen molar-refractivity contribution in [2.24, 2.45) is 0 Å². The van der Waals surface area contributed by atoms with Crippen LogP contribution < -0.4 is 5.32 Å². The van der Waals surface area contributed by atoms with E-state index in [-0.39, 0.29) is 70.3 Å². The molecule has 5 aliphatic rings. The average molecular weight is 554 g/mol. The zero-order chi connectivity index (χ0) is 29.4. The van der Waals surface area contributed by atoms with Crippen molar-refractivity contribution in [2.75, 3.05) is 34.4 Å². The molecule has 212 valence electrons. The lowest BCUT2D eigenvalue weighted by Gasteiger charge is -2.59. The fraction of sp³-hybridized carbons (Fsp3) is 0.500. The van der Waals surface area contributed by atoms with Crippen LogP contribution >= 0.6 is 0 Å². The highest BCUT2D eigenvalue weighted by molar-refractivity contribution is 6.35. The van der Waals surface area contributed by atoms with Crippen LogP contribution in [0.4, 0.5) is 0 Å². The van der Waals surface area contributed by atoms with E-state index in [0.717, 1.165) is 6.92 Å². The van der Waals surface area contributed by atoms with Crippen molar-refractivity contribution in [3.05, 3.63) is 45.0 Å². The van der Waals surface area contributed by atoms with Crippen molar-refractivity contribution in [3.63, 3.8) is 0 Å². The first kappa shape index (κ1) is 27.8. The molecule has 1 fully saturated rings. The lowest BCUT2D eigenvalue weighted by atomic mass is 9.68. The largest absolute Gasteiger partial charge is 0.492 e. The number of hydrogen-bond donors (Lipinski definition) is 2. The Morgan fingerprint density at radius 2 is 1.48 bits per heavy atom. The standard InChI is InChI=1S/C28H31N3O9/c1-10-21(33)13-7-14-20-18-19(22(34)11(2)27(40-6)25(18)37)23(35)16(30(20)4)9-31(14)15(8-29-28(38)12(3)32)17(13)24(36)26(10)39-5/h14-16,20,23,35H,7-9H2,1-6H3,(H,29,38)/t14-,15-,16+,20-,23+/m0/s1. The summed E-state index contributed by atoms with van der Waals surface area (Å²) in [7, 11) is 4.34. The number of nitrogens with one attached hydrogen (secondary N) is 1. The number of piperazine rings is 1. The van der Waals surface area contributed by atoms with Gasteiger partial charge in [0.1, 0.15) is 0 Å². The fourth-order valence-electron chi connectivity index (χ4n) is 6.90. The summed E-state index contributed by atoms with van der Waals surface area (Å²) in [5, 5.41) is 14.0. The molecule has 2 bridgehead atoms. The molecule has 12 heteroatoms. The Morgan fingerprint density at radius 3 is 2.05 bits per heavy atom. The Bertz CT molecular complexity index is 1430. The number of carbonyl (C=O) groups is 6. The van der Waals surface area contributed by atoms with Gasteiger partial charge in [-0.05, 0) is 27.3 Å². The number of allylic oxidation sites excluding steroid dienone is 4. The molecule has 0 aromatic carbocycles. The number of rotatable bonds is 5. The van der Waals surface area contributed by atoms with E-state index in [1.54, 1.807) is 7.05 Å². The van der Waals surface area contributed by atoms with Crippen LogP contribution in [0.2, 0.25) is 0 Å². The third kappa shape index (κ3) is 3.70. The maximum absolute atomic E-state index is 13.7. The van der Waals surface area contributed by atoms with Gasteiger partial charge in [-0.25, -0.2) is 0 Å². The molecule has 2 aliphatic carbocycles. The Labute approximate surface area is 230 Å². The summed E-state index contributed by atoms with van der Waals surface area (Å²) >= 11 is 0. The minimum Gasteiger partial charge on any atom is -0.492 e. The summed E-state index contributed by atoms with van der Waals surface area (Å²) in [6.45, 7) is 4.08. The second-order valence-electron chi connectivity index (χ2n) is 10.7. The zero-order valence-corrected chi connectivity index (χ0v) is 23.1. The van der Waals surface area contributed by atoms with Gasteiger partial charge in [0.2, 0.25) is 17.3 Å². The lowest BCUT2D eigenvalue weighted by Crippen LogP contribution is -2.73. The molecule has 0 aromatic rings. The topological polar surface area (TPSA) is 160 Å². The number of nitrogens with zero attached hydrogens (tertiary/aromatic N) is 2. The first-order chi connectivity index (χ1) is 18.9. The van der Waals surface area contributed by atoms with Crippen molar-refractivity contribution in [1.82, 2.24) is 15.1 Å². The predicted octanol–water partition coefficient (Wildman–Crippen LogP) is -1.07. The Kier molecular flexibility index (Phi) is 6.76. The van der Waals surface area contributed by atoms with Crippen LogP contribution in [-0.4, -0.2) is 114 Å². The molecule has 1 amide bonds. The highest BCUT2D eigenvalue weighted by Crippen LogP contribution is 2.47. The number of methoxy groups -OCH3 is 2. The van der Waals surface area contributed by atoms with Crippen LogP contribution in [0.25, 0.3) is 0 Å². The van der Waals surface area contributed by atoms with E-state index in [9.17, 15) is 33.9 Å². The summed E-state index contributed by atoms with van der Waals surface area (Å²) in [6.07, 6.45) is -1.24. The molecular formula is C28H31N3O9. The van der Waals surface area contributed by atoms with Crippen LogP contribution in [0.3, 0.4) is 0 Å². The molecule has 0 aromatic heterocycles. The van der Waals surface area contributed by atoms with Crippen molar-refractivity contribution in [2.45, 2.75) is 57.5 Å². The molecule has 2 N–H and O–H groups in total. The van der Waals surface area contributed by atoms with Gasteiger partial charge in [0.05, 0.1) is 38.4 Å². The van der Waals surface area contributed by atoms with Gasteiger partial charge >= 0.3 is 0 Å². The third-order valence-electron chi connectivity index (χ3n) is 8.84. The zero-order valence-electron chi connectivity index (χ0n) is 23.1. The van der Waals surface area contributed by atoms with E-state index in [1.165, 1.54) is 28.1 Å².